The minimum absolute atomic E-state index is 0.230. The molecular weight excluding hydrogens is 332 g/mol. The fourth-order valence-corrected chi connectivity index (χ4v) is 5.13. The maximum absolute atomic E-state index is 12.6. The fourth-order valence-electron chi connectivity index (χ4n) is 3.42. The largest absolute Gasteiger partial charge is 0.383 e. The molecule has 4 heterocycles. The average molecular weight is 357 g/mol. The molecule has 4 rings (SSSR count). The lowest BCUT2D eigenvalue weighted by molar-refractivity contribution is -0.128. The first kappa shape index (κ1) is 17.1. The molecule has 2 bridgehead atoms. The van der Waals surface area contributed by atoms with Crippen molar-refractivity contribution < 1.29 is 9.53 Å². The summed E-state index contributed by atoms with van der Waals surface area (Å²) in [6.07, 6.45) is 2.43. The van der Waals surface area contributed by atoms with Gasteiger partial charge in [-0.1, -0.05) is 23.1 Å². The van der Waals surface area contributed by atoms with Crippen LogP contribution in [0.1, 0.15) is 17.8 Å². The Morgan fingerprint density at radius 1 is 1.35 bits per heavy atom. The van der Waals surface area contributed by atoms with Crippen LogP contribution in [0, 0.1) is 12.8 Å². The number of carbonyl (C=O) groups excluding carboxylic acids is 1. The first-order chi connectivity index (χ1) is 11.2. The molecule has 6 nitrogen and oxygen atoms in total. The molecule has 0 aliphatic carbocycles. The van der Waals surface area contributed by atoms with E-state index in [2.05, 4.69) is 20.0 Å². The SMILES string of the molecule is COCCN1C[C@@H]2CC[C@H]1CN(C(=O)CSc1nnc(C)s1)C2. The number of amides is 1. The number of ether oxygens (including phenoxy) is 1. The van der Waals surface area contributed by atoms with Crippen LogP contribution in [0.3, 0.4) is 0 Å². The Hall–Kier alpha value is -0.700. The van der Waals surface area contributed by atoms with Crippen LogP contribution in [-0.4, -0.2) is 77.6 Å². The van der Waals surface area contributed by atoms with Gasteiger partial charge in [0.2, 0.25) is 5.91 Å². The highest BCUT2D eigenvalue weighted by Crippen LogP contribution is 2.29. The molecule has 0 radical (unpaired) electrons. The predicted molar refractivity (Wildman–Crippen MR) is 91.9 cm³/mol. The van der Waals surface area contributed by atoms with Gasteiger partial charge in [0, 0.05) is 39.3 Å². The van der Waals surface area contributed by atoms with Crippen LogP contribution in [0.15, 0.2) is 4.34 Å². The number of fused-ring (bicyclic) bond motifs is 4. The van der Waals surface area contributed by atoms with Crippen LogP contribution < -0.4 is 0 Å². The molecular formula is C15H24N4O2S2. The third kappa shape index (κ3) is 4.43. The van der Waals surface area contributed by atoms with Crippen molar-refractivity contribution >= 4 is 29.0 Å². The van der Waals surface area contributed by atoms with Crippen LogP contribution in [-0.2, 0) is 9.53 Å². The van der Waals surface area contributed by atoms with E-state index in [4.69, 9.17) is 4.74 Å². The quantitative estimate of drug-likeness (QED) is 0.720. The van der Waals surface area contributed by atoms with Crippen molar-refractivity contribution in [2.24, 2.45) is 5.92 Å². The monoisotopic (exact) mass is 356 g/mol. The molecule has 23 heavy (non-hydrogen) atoms. The van der Waals surface area contributed by atoms with Crippen LogP contribution >= 0.6 is 23.1 Å². The lowest BCUT2D eigenvalue weighted by Gasteiger charge is -2.35. The molecule has 3 aliphatic heterocycles. The molecule has 0 saturated carbocycles. The zero-order chi connectivity index (χ0) is 16.2. The van der Waals surface area contributed by atoms with E-state index in [9.17, 15) is 4.79 Å². The highest BCUT2D eigenvalue weighted by atomic mass is 32.2. The standard InChI is InChI=1S/C15H24N4O2S2/c1-11-16-17-15(23-11)22-10-14(20)19-8-12-3-4-13(9-19)18(7-12)5-6-21-2/h12-13H,3-10H2,1-2H3/t12-,13-/m0/s1. The highest BCUT2D eigenvalue weighted by molar-refractivity contribution is 8.01. The van der Waals surface area contributed by atoms with E-state index in [1.165, 1.54) is 24.6 Å². The van der Waals surface area contributed by atoms with Crippen LogP contribution in [0.5, 0.6) is 0 Å². The molecule has 128 valence electrons. The van der Waals surface area contributed by atoms with E-state index >= 15 is 0 Å². The van der Waals surface area contributed by atoms with Crippen molar-refractivity contribution in [1.29, 1.82) is 0 Å². The molecule has 8 heteroatoms. The molecule has 0 N–H and O–H groups in total. The van der Waals surface area contributed by atoms with Crippen molar-refractivity contribution in [2.75, 3.05) is 45.6 Å². The number of aryl methyl sites for hydroxylation is 1. The molecule has 0 spiro atoms. The summed E-state index contributed by atoms with van der Waals surface area (Å²) < 4.78 is 6.10. The van der Waals surface area contributed by atoms with E-state index in [0.29, 0.717) is 17.7 Å². The van der Waals surface area contributed by atoms with Gasteiger partial charge in [0.05, 0.1) is 12.4 Å². The van der Waals surface area contributed by atoms with E-state index in [1.807, 2.05) is 6.92 Å². The number of piperidine rings is 1. The molecule has 0 unspecified atom stereocenters. The highest BCUT2D eigenvalue weighted by Gasteiger charge is 2.36. The number of aromatic nitrogens is 2. The molecule has 3 saturated heterocycles. The van der Waals surface area contributed by atoms with E-state index in [-0.39, 0.29) is 5.91 Å². The number of hydrogen-bond donors (Lipinski definition) is 0. The topological polar surface area (TPSA) is 58.6 Å². The minimum atomic E-state index is 0.230. The predicted octanol–water partition coefficient (Wildman–Crippen LogP) is 1.51. The smallest absolute Gasteiger partial charge is 0.233 e. The van der Waals surface area contributed by atoms with Gasteiger partial charge in [0.15, 0.2) is 4.34 Å². The number of methoxy groups -OCH3 is 1. The second kappa shape index (κ2) is 7.92. The number of rotatable bonds is 6. The molecule has 1 amide bonds. The Balaban J connectivity index is 1.55. The average Bonchev–Trinajstić information content (AvgIpc) is 2.77. The van der Waals surface area contributed by atoms with Gasteiger partial charge in [-0.15, -0.1) is 10.2 Å². The van der Waals surface area contributed by atoms with Gasteiger partial charge in [0.25, 0.3) is 0 Å². The summed E-state index contributed by atoms with van der Waals surface area (Å²) in [7, 11) is 1.75. The summed E-state index contributed by atoms with van der Waals surface area (Å²) >= 11 is 3.06. The van der Waals surface area contributed by atoms with Gasteiger partial charge < -0.3 is 9.64 Å². The number of nitrogens with zero attached hydrogens (tertiary/aromatic N) is 4. The second-order valence-corrected chi connectivity index (χ2v) is 8.66. The van der Waals surface area contributed by atoms with E-state index in [1.54, 1.807) is 18.4 Å². The Kier molecular flexibility index (Phi) is 5.90. The van der Waals surface area contributed by atoms with Gasteiger partial charge in [0.1, 0.15) is 5.01 Å². The van der Waals surface area contributed by atoms with Gasteiger partial charge in [-0.3, -0.25) is 9.69 Å². The molecule has 1 aromatic heterocycles. The van der Waals surface area contributed by atoms with E-state index in [0.717, 1.165) is 42.1 Å². The lowest BCUT2D eigenvalue weighted by Crippen LogP contribution is -2.45. The van der Waals surface area contributed by atoms with Crippen molar-refractivity contribution in [1.82, 2.24) is 20.0 Å². The molecule has 0 aromatic carbocycles. The molecule has 3 fully saturated rings. The Morgan fingerprint density at radius 2 is 2.22 bits per heavy atom. The minimum Gasteiger partial charge on any atom is -0.383 e. The maximum atomic E-state index is 12.6. The van der Waals surface area contributed by atoms with Crippen molar-refractivity contribution in [2.45, 2.75) is 30.1 Å². The zero-order valence-electron chi connectivity index (χ0n) is 13.7. The van der Waals surface area contributed by atoms with Crippen molar-refractivity contribution in [3.63, 3.8) is 0 Å². The molecule has 2 atom stereocenters. The van der Waals surface area contributed by atoms with E-state index < -0.39 is 0 Å². The van der Waals surface area contributed by atoms with Gasteiger partial charge in [-0.05, 0) is 25.7 Å². The Bertz CT molecular complexity index is 539. The molecule has 1 aromatic rings. The first-order valence-corrected chi connectivity index (χ1v) is 9.89. The summed E-state index contributed by atoms with van der Waals surface area (Å²) in [6.45, 7) is 6.52. The van der Waals surface area contributed by atoms with Crippen molar-refractivity contribution in [3.05, 3.63) is 5.01 Å². The summed E-state index contributed by atoms with van der Waals surface area (Å²) in [5.74, 6) is 1.29. The van der Waals surface area contributed by atoms with Gasteiger partial charge >= 0.3 is 0 Å². The summed E-state index contributed by atoms with van der Waals surface area (Å²) in [6, 6.07) is 0.488. The third-order valence-electron chi connectivity index (χ3n) is 4.59. The van der Waals surface area contributed by atoms with Gasteiger partial charge in [-0.2, -0.15) is 0 Å². The maximum Gasteiger partial charge on any atom is 0.233 e. The number of thioether (sulfide) groups is 1. The first-order valence-electron chi connectivity index (χ1n) is 8.09. The van der Waals surface area contributed by atoms with Crippen LogP contribution in [0.2, 0.25) is 0 Å². The third-order valence-corrected chi connectivity index (χ3v) is 6.55. The number of carbonyl (C=O) groups is 1. The summed E-state index contributed by atoms with van der Waals surface area (Å²) in [5, 5.41) is 9.02. The fraction of sp³-hybridized carbons (Fsp3) is 0.800. The normalized spacial score (nSPS) is 24.9. The molecule has 3 aliphatic rings. The van der Waals surface area contributed by atoms with Crippen LogP contribution in [0.25, 0.3) is 0 Å². The van der Waals surface area contributed by atoms with Gasteiger partial charge in [-0.25, -0.2) is 0 Å². The zero-order valence-corrected chi connectivity index (χ0v) is 15.4. The summed E-state index contributed by atoms with van der Waals surface area (Å²) in [4.78, 5) is 17.2. The summed E-state index contributed by atoms with van der Waals surface area (Å²) in [5.41, 5.74) is 0. The lowest BCUT2D eigenvalue weighted by atomic mass is 9.95. The second-order valence-electron chi connectivity index (χ2n) is 6.26. The van der Waals surface area contributed by atoms with Crippen molar-refractivity contribution in [3.8, 4) is 0 Å². The Morgan fingerprint density at radius 3 is 2.96 bits per heavy atom. The Labute approximate surface area is 145 Å². The van der Waals surface area contributed by atoms with Crippen LogP contribution in [0.4, 0.5) is 0 Å². The number of hydrogen-bond acceptors (Lipinski definition) is 7.